The molecule has 5 rings (SSSR count). The minimum absolute atomic E-state index is 0.0396. The van der Waals surface area contributed by atoms with Crippen LogP contribution in [-0.2, 0) is 37.4 Å². The Morgan fingerprint density at radius 1 is 0.577 bits per heavy atom. The van der Waals surface area contributed by atoms with Crippen LogP contribution in [0.5, 0.6) is 0 Å². The maximum absolute atomic E-state index is 13.8. The molecule has 286 valence electrons. The molecular formula is C34H50B3F2IN2O10. The maximum Gasteiger partial charge on any atom is 0.497 e. The van der Waals surface area contributed by atoms with Gasteiger partial charge in [-0.05, 0) is 130 Å². The minimum atomic E-state index is -0.839. The highest BCUT2D eigenvalue weighted by molar-refractivity contribution is 14.1. The van der Waals surface area contributed by atoms with Crippen molar-refractivity contribution in [3.05, 3.63) is 50.6 Å². The van der Waals surface area contributed by atoms with Crippen LogP contribution in [0.15, 0.2) is 24.3 Å². The summed E-state index contributed by atoms with van der Waals surface area (Å²) in [6.07, 6.45) is 0. The highest BCUT2D eigenvalue weighted by Gasteiger charge is 2.63. The second kappa shape index (κ2) is 15.3. The Morgan fingerprint density at radius 2 is 0.885 bits per heavy atom. The Balaban J connectivity index is 0.000000216. The van der Waals surface area contributed by atoms with Gasteiger partial charge in [-0.15, -0.1) is 0 Å². The number of nitrogen functional groups attached to an aromatic ring is 2. The number of ether oxygens (including phenoxy) is 2. The Bertz CT molecular complexity index is 1590. The largest absolute Gasteiger partial charge is 0.497 e. The van der Waals surface area contributed by atoms with E-state index in [0.717, 1.165) is 12.1 Å². The molecule has 0 spiro atoms. The number of hydrogen-bond acceptors (Lipinski definition) is 12. The summed E-state index contributed by atoms with van der Waals surface area (Å²) in [6.45, 7) is 23.7. The average Bonchev–Trinajstić information content (AvgIpc) is 3.48. The quantitative estimate of drug-likeness (QED) is 0.172. The molecule has 0 aromatic heterocycles. The smallest absolute Gasteiger partial charge is 0.465 e. The second-order valence-corrected chi connectivity index (χ2v) is 16.8. The first-order chi connectivity index (χ1) is 23.5. The summed E-state index contributed by atoms with van der Waals surface area (Å²) in [5.41, 5.74) is 9.56. The van der Waals surface area contributed by atoms with Gasteiger partial charge in [-0.3, -0.25) is 0 Å². The van der Waals surface area contributed by atoms with E-state index in [-0.39, 0.29) is 50.4 Å². The minimum Gasteiger partial charge on any atom is -0.465 e. The molecule has 12 nitrogen and oxygen atoms in total. The first-order valence-corrected chi connectivity index (χ1v) is 17.7. The number of rotatable bonds is 4. The molecule has 2 aromatic rings. The first kappa shape index (κ1) is 43.9. The summed E-state index contributed by atoms with van der Waals surface area (Å²) in [5, 5.41) is 0. The number of esters is 2. The van der Waals surface area contributed by atoms with Crippen molar-refractivity contribution in [2.75, 3.05) is 25.7 Å². The highest BCUT2D eigenvalue weighted by Crippen LogP contribution is 2.43. The van der Waals surface area contributed by atoms with Crippen LogP contribution in [0.1, 0.15) is 104 Å². The Hall–Kier alpha value is -2.48. The van der Waals surface area contributed by atoms with E-state index in [4.69, 9.17) is 39.4 Å². The van der Waals surface area contributed by atoms with Gasteiger partial charge in [0.05, 0.1) is 64.6 Å². The molecular weight excluding hydrogens is 794 g/mol. The van der Waals surface area contributed by atoms with Crippen molar-refractivity contribution < 1.29 is 55.8 Å². The van der Waals surface area contributed by atoms with Gasteiger partial charge in [-0.1, -0.05) is 0 Å². The lowest BCUT2D eigenvalue weighted by atomic mass is 9.49. The van der Waals surface area contributed by atoms with Crippen LogP contribution < -0.4 is 16.9 Å². The molecule has 3 saturated heterocycles. The lowest BCUT2D eigenvalue weighted by molar-refractivity contribution is 0.00578. The third kappa shape index (κ3) is 9.07. The molecule has 2 aromatic carbocycles. The van der Waals surface area contributed by atoms with Crippen molar-refractivity contribution in [2.45, 2.75) is 117 Å². The zero-order valence-electron chi connectivity index (χ0n) is 32.4. The lowest BCUT2D eigenvalue weighted by Gasteiger charge is -2.32. The van der Waals surface area contributed by atoms with Crippen molar-refractivity contribution in [3.8, 4) is 0 Å². The average molecular weight is 844 g/mol. The van der Waals surface area contributed by atoms with Crippen molar-refractivity contribution in [1.29, 1.82) is 0 Å². The van der Waals surface area contributed by atoms with Gasteiger partial charge < -0.3 is 48.9 Å². The summed E-state index contributed by atoms with van der Waals surface area (Å²) >= 11 is 1.85. The molecule has 18 heteroatoms. The number of nitrogens with two attached hydrogens (primary N) is 2. The molecule has 4 N–H and O–H groups in total. The van der Waals surface area contributed by atoms with Crippen LogP contribution in [-0.4, -0.2) is 80.9 Å². The molecule has 3 fully saturated rings. The fraction of sp³-hybridized carbons (Fsp3) is 0.588. The van der Waals surface area contributed by atoms with Gasteiger partial charge in [-0.25, -0.2) is 18.4 Å². The van der Waals surface area contributed by atoms with E-state index in [0.29, 0.717) is 3.57 Å². The Labute approximate surface area is 320 Å². The van der Waals surface area contributed by atoms with Gasteiger partial charge in [-0.2, -0.15) is 0 Å². The van der Waals surface area contributed by atoms with Crippen LogP contribution >= 0.6 is 22.6 Å². The van der Waals surface area contributed by atoms with Gasteiger partial charge in [0.25, 0.3) is 0 Å². The number of carbonyl (C=O) groups excluding carboxylic acids is 2. The summed E-state index contributed by atoms with van der Waals surface area (Å²) in [6, 6.07) is 4.56. The molecule has 3 heterocycles. The summed E-state index contributed by atoms with van der Waals surface area (Å²) in [5.74, 6) is -2.44. The fourth-order valence-electron chi connectivity index (χ4n) is 4.95. The van der Waals surface area contributed by atoms with Crippen LogP contribution in [0.2, 0.25) is 0 Å². The number of benzene rings is 2. The van der Waals surface area contributed by atoms with Crippen LogP contribution in [0.25, 0.3) is 0 Å². The second-order valence-electron chi connectivity index (χ2n) is 15.6. The standard InChI is InChI=1S/C14H19BFNO4.C12H24B2O4.C8H7FINO2/c1-13(2)14(3,4)21-15(20-13)10-7-8(16)6-9(11(10)17)12(18)19-5;1-9(2)10(3,4)16-13(15-9)14-17-11(5,6)12(7,8)18-14;1-13-8(12)5-2-4(9)3-6(10)7(5)11/h6-7H,17H2,1-5H3;1-8H3;2-3H,11H2,1H3. The molecule has 0 saturated carbocycles. The lowest BCUT2D eigenvalue weighted by Crippen LogP contribution is -2.41. The van der Waals surface area contributed by atoms with Gasteiger partial charge in [0.2, 0.25) is 0 Å². The number of methoxy groups -OCH3 is 2. The third-order valence-corrected chi connectivity index (χ3v) is 11.2. The number of hydrogen-bond donors (Lipinski definition) is 2. The molecule has 0 aliphatic carbocycles. The van der Waals surface area contributed by atoms with E-state index in [1.807, 2.05) is 106 Å². The van der Waals surface area contributed by atoms with Crippen LogP contribution in [0.3, 0.4) is 0 Å². The SMILES string of the molecule is CC1(C)OB(B2OC(C)(C)C(C)(C)O2)OC1(C)C.COC(=O)c1cc(F)cc(B2OC(C)(C)C(C)(C)O2)c1N.COC(=O)c1cc(F)cc(I)c1N. The Kier molecular flexibility index (Phi) is 13.0. The van der Waals surface area contributed by atoms with E-state index in [2.05, 4.69) is 9.47 Å². The topological polar surface area (TPSA) is 160 Å². The van der Waals surface area contributed by atoms with Crippen molar-refractivity contribution >= 4 is 72.5 Å². The van der Waals surface area contributed by atoms with E-state index in [1.165, 1.54) is 26.4 Å². The maximum atomic E-state index is 13.8. The molecule has 3 aliphatic heterocycles. The van der Waals surface area contributed by atoms with Crippen molar-refractivity contribution in [3.63, 3.8) is 0 Å². The molecule has 0 amide bonds. The monoisotopic (exact) mass is 844 g/mol. The van der Waals surface area contributed by atoms with Gasteiger partial charge in [0.15, 0.2) is 0 Å². The summed E-state index contributed by atoms with van der Waals surface area (Å²) in [4.78, 5) is 22.7. The molecule has 0 radical (unpaired) electrons. The molecule has 52 heavy (non-hydrogen) atoms. The van der Waals surface area contributed by atoms with Gasteiger partial charge in [0, 0.05) is 14.7 Å². The van der Waals surface area contributed by atoms with E-state index < -0.39 is 55.9 Å². The summed E-state index contributed by atoms with van der Waals surface area (Å²) < 4.78 is 71.7. The number of anilines is 2. The normalized spacial score (nSPS) is 21.4. The highest BCUT2D eigenvalue weighted by atomic mass is 127. The predicted molar refractivity (Wildman–Crippen MR) is 205 cm³/mol. The summed E-state index contributed by atoms with van der Waals surface area (Å²) in [7, 11) is 0.641. The number of carbonyl (C=O) groups is 2. The van der Waals surface area contributed by atoms with Gasteiger partial charge in [0.1, 0.15) is 11.6 Å². The molecule has 3 aliphatic rings. The zero-order valence-corrected chi connectivity index (χ0v) is 34.6. The molecule has 0 bridgehead atoms. The Morgan fingerprint density at radius 3 is 1.23 bits per heavy atom. The van der Waals surface area contributed by atoms with E-state index in [1.54, 1.807) is 0 Å². The fourth-order valence-corrected chi connectivity index (χ4v) is 5.53. The molecule has 0 atom stereocenters. The van der Waals surface area contributed by atoms with Crippen LogP contribution in [0, 0.1) is 15.2 Å². The zero-order chi connectivity index (χ0) is 40.0. The first-order valence-electron chi connectivity index (χ1n) is 16.6. The predicted octanol–water partition coefficient (Wildman–Crippen LogP) is 5.54. The van der Waals surface area contributed by atoms with E-state index >= 15 is 0 Å². The van der Waals surface area contributed by atoms with Crippen molar-refractivity contribution in [2.24, 2.45) is 0 Å². The third-order valence-electron chi connectivity index (χ3n) is 10.4. The van der Waals surface area contributed by atoms with Crippen LogP contribution in [0.4, 0.5) is 20.2 Å². The number of halogens is 3. The van der Waals surface area contributed by atoms with E-state index in [9.17, 15) is 18.4 Å². The van der Waals surface area contributed by atoms with Gasteiger partial charge >= 0.3 is 33.1 Å². The molecule has 0 unspecified atom stereocenters. The van der Waals surface area contributed by atoms with Crippen molar-refractivity contribution in [1.82, 2.24) is 0 Å².